The van der Waals surface area contributed by atoms with Crippen LogP contribution in [0.3, 0.4) is 0 Å². The van der Waals surface area contributed by atoms with E-state index in [0.717, 1.165) is 6.42 Å². The third kappa shape index (κ3) is 1.71. The number of nitrogens with two attached hydrogens (primary N) is 2. The van der Waals surface area contributed by atoms with Gasteiger partial charge >= 0.3 is 0 Å². The molecule has 0 saturated heterocycles. The van der Waals surface area contributed by atoms with E-state index in [1.54, 1.807) is 6.33 Å². The fraction of sp³-hybridized carbons (Fsp3) is 0.545. The highest BCUT2D eigenvalue weighted by molar-refractivity contribution is 5.82. The second-order valence-corrected chi connectivity index (χ2v) is 4.88. The summed E-state index contributed by atoms with van der Waals surface area (Å²) in [4.78, 5) is 12.2. The minimum absolute atomic E-state index is 0.000172. The Morgan fingerprint density at radius 1 is 1.26 bits per heavy atom. The molecule has 0 amide bonds. The van der Waals surface area contributed by atoms with Gasteiger partial charge in [-0.05, 0) is 12.3 Å². The van der Waals surface area contributed by atoms with E-state index >= 15 is 0 Å². The molecule has 2 aromatic rings. The number of nitrogens with zero attached hydrogens (tertiary/aromatic N) is 4. The number of hydrogen-bond donors (Lipinski definition) is 4. The molecule has 2 heterocycles. The molecule has 2 aromatic heterocycles. The summed E-state index contributed by atoms with van der Waals surface area (Å²) in [6.07, 6.45) is 2.41. The summed E-state index contributed by atoms with van der Waals surface area (Å²) in [5, 5.41) is 18.6. The molecular weight excluding hydrogens is 248 g/mol. The highest BCUT2D eigenvalue weighted by atomic mass is 16.3. The molecular formula is C11H16N6O2. The highest BCUT2D eigenvalue weighted by Crippen LogP contribution is 2.44. The van der Waals surface area contributed by atoms with E-state index in [9.17, 15) is 10.2 Å². The molecule has 102 valence electrons. The Kier molecular flexibility index (Phi) is 2.76. The summed E-state index contributed by atoms with van der Waals surface area (Å²) in [6.45, 7) is 0.0965. The van der Waals surface area contributed by atoms with E-state index < -0.39 is 0 Å². The van der Waals surface area contributed by atoms with Crippen molar-refractivity contribution >= 4 is 22.9 Å². The van der Waals surface area contributed by atoms with Gasteiger partial charge < -0.3 is 26.2 Å². The molecule has 0 bridgehead atoms. The smallest absolute Gasteiger partial charge is 0.224 e. The highest BCUT2D eigenvalue weighted by Gasteiger charge is 2.41. The third-order valence-corrected chi connectivity index (χ3v) is 3.91. The lowest BCUT2D eigenvalue weighted by molar-refractivity contribution is -0.00528. The average Bonchev–Trinajstić information content (AvgIpc) is 2.73. The zero-order valence-electron chi connectivity index (χ0n) is 10.3. The van der Waals surface area contributed by atoms with Gasteiger partial charge in [0.25, 0.3) is 0 Å². The van der Waals surface area contributed by atoms with E-state index in [1.165, 1.54) is 0 Å². The fourth-order valence-corrected chi connectivity index (χ4v) is 2.78. The maximum absolute atomic E-state index is 9.41. The first kappa shape index (κ1) is 12.1. The van der Waals surface area contributed by atoms with Gasteiger partial charge in [-0.25, -0.2) is 4.98 Å². The quantitative estimate of drug-likeness (QED) is 0.567. The summed E-state index contributed by atoms with van der Waals surface area (Å²) >= 11 is 0. The second kappa shape index (κ2) is 4.32. The summed E-state index contributed by atoms with van der Waals surface area (Å²) < 4.78 is 1.86. The van der Waals surface area contributed by atoms with Crippen molar-refractivity contribution in [2.45, 2.75) is 12.5 Å². The Morgan fingerprint density at radius 3 is 2.74 bits per heavy atom. The standard InChI is InChI=1S/C11H16N6O2/c12-9-8-10(16-11(13)15-9)17(4-14-8)7-1-5(2-18)6(7)3-19/h4-7,18-19H,1-3H2,(H4,12,13,15,16)/t5-,6-,7-/m0/s1. The Hall–Kier alpha value is -1.93. The summed E-state index contributed by atoms with van der Waals surface area (Å²) in [5.74, 6) is 0.467. The van der Waals surface area contributed by atoms with Gasteiger partial charge in [0.05, 0.1) is 6.33 Å². The molecule has 1 saturated carbocycles. The van der Waals surface area contributed by atoms with Crippen LogP contribution < -0.4 is 11.5 Å². The minimum atomic E-state index is -0.000172. The van der Waals surface area contributed by atoms with Crippen LogP contribution in [-0.4, -0.2) is 42.9 Å². The van der Waals surface area contributed by atoms with Crippen LogP contribution in [0.5, 0.6) is 0 Å². The zero-order chi connectivity index (χ0) is 13.6. The molecule has 8 heteroatoms. The predicted molar refractivity (Wildman–Crippen MR) is 69.0 cm³/mol. The van der Waals surface area contributed by atoms with Crippen molar-refractivity contribution in [3.63, 3.8) is 0 Å². The monoisotopic (exact) mass is 264 g/mol. The van der Waals surface area contributed by atoms with Gasteiger partial charge in [0, 0.05) is 25.2 Å². The van der Waals surface area contributed by atoms with Crippen LogP contribution in [0.2, 0.25) is 0 Å². The Balaban J connectivity index is 2.02. The fourth-order valence-electron chi connectivity index (χ4n) is 2.78. The van der Waals surface area contributed by atoms with Crippen molar-refractivity contribution in [3.05, 3.63) is 6.33 Å². The van der Waals surface area contributed by atoms with E-state index in [2.05, 4.69) is 15.0 Å². The van der Waals surface area contributed by atoms with Crippen molar-refractivity contribution in [2.75, 3.05) is 24.7 Å². The lowest BCUT2D eigenvalue weighted by Crippen LogP contribution is -2.42. The number of aliphatic hydroxyl groups excluding tert-OH is 2. The summed E-state index contributed by atoms with van der Waals surface area (Å²) in [7, 11) is 0. The SMILES string of the molecule is Nc1nc(N)c2ncn([C@H]3C[C@@H](CO)[C@@H]3CO)c2n1. The maximum atomic E-state index is 9.41. The van der Waals surface area contributed by atoms with Gasteiger partial charge in [0.1, 0.15) is 5.52 Å². The topological polar surface area (TPSA) is 136 Å². The van der Waals surface area contributed by atoms with E-state index in [0.29, 0.717) is 11.2 Å². The van der Waals surface area contributed by atoms with Gasteiger partial charge in [-0.15, -0.1) is 0 Å². The van der Waals surface area contributed by atoms with Crippen molar-refractivity contribution in [2.24, 2.45) is 11.8 Å². The number of rotatable bonds is 3. The van der Waals surface area contributed by atoms with Gasteiger partial charge in [-0.1, -0.05) is 0 Å². The van der Waals surface area contributed by atoms with Crippen LogP contribution in [0.1, 0.15) is 12.5 Å². The summed E-state index contributed by atoms with van der Waals surface area (Å²) in [6, 6.07) is 0.0563. The summed E-state index contributed by atoms with van der Waals surface area (Å²) in [5.41, 5.74) is 12.4. The largest absolute Gasteiger partial charge is 0.396 e. The number of imidazole rings is 1. The molecule has 3 atom stereocenters. The lowest BCUT2D eigenvalue weighted by Gasteiger charge is -2.43. The maximum Gasteiger partial charge on any atom is 0.224 e. The van der Waals surface area contributed by atoms with Gasteiger partial charge in [0.15, 0.2) is 11.5 Å². The molecule has 0 radical (unpaired) electrons. The molecule has 6 N–H and O–H groups in total. The molecule has 3 rings (SSSR count). The van der Waals surface area contributed by atoms with Crippen molar-refractivity contribution in [3.8, 4) is 0 Å². The Bertz CT molecular complexity index is 612. The average molecular weight is 264 g/mol. The molecule has 1 aliphatic rings. The van der Waals surface area contributed by atoms with Crippen LogP contribution in [0.15, 0.2) is 6.33 Å². The van der Waals surface area contributed by atoms with Gasteiger partial charge in [-0.2, -0.15) is 9.97 Å². The number of hydrogen-bond acceptors (Lipinski definition) is 7. The zero-order valence-corrected chi connectivity index (χ0v) is 10.3. The second-order valence-electron chi connectivity index (χ2n) is 4.88. The number of aliphatic hydroxyl groups is 2. The third-order valence-electron chi connectivity index (χ3n) is 3.91. The lowest BCUT2D eigenvalue weighted by atomic mass is 9.70. The first-order valence-electron chi connectivity index (χ1n) is 6.13. The molecule has 1 fully saturated rings. The molecule has 19 heavy (non-hydrogen) atoms. The Labute approximate surface area is 109 Å². The van der Waals surface area contributed by atoms with Crippen LogP contribution in [0, 0.1) is 11.8 Å². The van der Waals surface area contributed by atoms with Crippen LogP contribution in [0.4, 0.5) is 11.8 Å². The normalized spacial score (nSPS) is 26.5. The molecule has 0 aliphatic heterocycles. The molecule has 0 spiro atoms. The van der Waals surface area contributed by atoms with Crippen molar-refractivity contribution in [1.29, 1.82) is 0 Å². The van der Waals surface area contributed by atoms with Gasteiger partial charge in [-0.3, -0.25) is 0 Å². The van der Waals surface area contributed by atoms with E-state index in [-0.39, 0.29) is 42.9 Å². The Morgan fingerprint density at radius 2 is 2.05 bits per heavy atom. The number of aromatic nitrogens is 4. The molecule has 0 aromatic carbocycles. The van der Waals surface area contributed by atoms with E-state index in [4.69, 9.17) is 11.5 Å². The van der Waals surface area contributed by atoms with Gasteiger partial charge in [0.2, 0.25) is 5.95 Å². The van der Waals surface area contributed by atoms with E-state index in [1.807, 2.05) is 4.57 Å². The first-order chi connectivity index (χ1) is 9.15. The van der Waals surface area contributed by atoms with Crippen LogP contribution in [0.25, 0.3) is 11.2 Å². The molecule has 0 unspecified atom stereocenters. The number of nitrogen functional groups attached to an aromatic ring is 2. The minimum Gasteiger partial charge on any atom is -0.396 e. The molecule has 8 nitrogen and oxygen atoms in total. The van der Waals surface area contributed by atoms with Crippen molar-refractivity contribution < 1.29 is 10.2 Å². The van der Waals surface area contributed by atoms with Crippen LogP contribution in [-0.2, 0) is 0 Å². The number of anilines is 2. The molecule has 1 aliphatic carbocycles. The van der Waals surface area contributed by atoms with Crippen molar-refractivity contribution in [1.82, 2.24) is 19.5 Å². The van der Waals surface area contributed by atoms with Crippen LogP contribution >= 0.6 is 0 Å². The first-order valence-corrected chi connectivity index (χ1v) is 6.13. The number of fused-ring (bicyclic) bond motifs is 1. The predicted octanol–water partition coefficient (Wildman–Crippen LogP) is -0.848.